The molecule has 5 heteroatoms. The molecule has 4 nitrogen and oxygen atoms in total. The van der Waals surface area contributed by atoms with Gasteiger partial charge in [0.15, 0.2) is 0 Å². The third kappa shape index (κ3) is 4.12. The second-order valence-corrected chi connectivity index (χ2v) is 4.91. The topological polar surface area (TPSA) is 41.6 Å². The van der Waals surface area contributed by atoms with E-state index < -0.39 is 0 Å². The van der Waals surface area contributed by atoms with Crippen LogP contribution < -0.4 is 5.32 Å². The number of amides is 1. The first-order chi connectivity index (χ1) is 7.77. The lowest BCUT2D eigenvalue weighted by Crippen LogP contribution is -2.39. The third-order valence-electron chi connectivity index (χ3n) is 3.78. The molecule has 0 aromatic carbocycles. The summed E-state index contributed by atoms with van der Waals surface area (Å²) in [4.78, 5) is 14.0. The normalized spacial score (nSPS) is 25.4. The Hall–Kier alpha value is -0.320. The van der Waals surface area contributed by atoms with Gasteiger partial charge in [-0.2, -0.15) is 0 Å². The first-order valence-corrected chi connectivity index (χ1v) is 6.31. The smallest absolute Gasteiger partial charge is 0.222 e. The number of hydrogen-bond acceptors (Lipinski definition) is 3. The van der Waals surface area contributed by atoms with E-state index in [0.29, 0.717) is 24.3 Å². The number of hydrogen-bond donors (Lipinski definition) is 1. The Balaban J connectivity index is 0.00000144. The minimum absolute atomic E-state index is 0. The van der Waals surface area contributed by atoms with Gasteiger partial charge in [-0.15, -0.1) is 12.4 Å². The van der Waals surface area contributed by atoms with Gasteiger partial charge in [0.2, 0.25) is 5.91 Å². The number of likely N-dealkylation sites (N-methyl/N-ethyl adjacent to an activating group) is 1. The van der Waals surface area contributed by atoms with Crippen molar-refractivity contribution in [2.45, 2.75) is 31.7 Å². The molecular formula is C12H23ClN2O2. The minimum Gasteiger partial charge on any atom is -0.381 e. The molecule has 0 aromatic heterocycles. The Labute approximate surface area is 109 Å². The van der Waals surface area contributed by atoms with Crippen molar-refractivity contribution in [1.82, 2.24) is 10.2 Å². The maximum atomic E-state index is 12.1. The highest BCUT2D eigenvalue weighted by Gasteiger charge is 2.25. The highest BCUT2D eigenvalue weighted by molar-refractivity contribution is 5.85. The Bertz CT molecular complexity index is 239. The highest BCUT2D eigenvalue weighted by atomic mass is 35.5. The fourth-order valence-corrected chi connectivity index (χ4v) is 2.52. The number of carbonyl (C=O) groups excluding carboxylic acids is 1. The molecule has 2 saturated heterocycles. The van der Waals surface area contributed by atoms with Crippen LogP contribution in [0.3, 0.4) is 0 Å². The molecule has 2 fully saturated rings. The first kappa shape index (κ1) is 14.7. The van der Waals surface area contributed by atoms with Gasteiger partial charge >= 0.3 is 0 Å². The monoisotopic (exact) mass is 262 g/mol. The Kier molecular flexibility index (Phi) is 6.23. The zero-order valence-corrected chi connectivity index (χ0v) is 11.3. The molecule has 1 amide bonds. The van der Waals surface area contributed by atoms with Crippen molar-refractivity contribution >= 4 is 18.3 Å². The van der Waals surface area contributed by atoms with Crippen molar-refractivity contribution in [2.75, 3.05) is 33.4 Å². The summed E-state index contributed by atoms with van der Waals surface area (Å²) < 4.78 is 5.31. The molecule has 2 aliphatic heterocycles. The van der Waals surface area contributed by atoms with Crippen LogP contribution in [0.15, 0.2) is 0 Å². The number of ether oxygens (including phenoxy) is 1. The molecule has 0 saturated carbocycles. The fourth-order valence-electron chi connectivity index (χ4n) is 2.52. The molecule has 2 aliphatic rings. The van der Waals surface area contributed by atoms with E-state index in [2.05, 4.69) is 5.32 Å². The maximum Gasteiger partial charge on any atom is 0.222 e. The predicted molar refractivity (Wildman–Crippen MR) is 69.5 cm³/mol. The molecule has 2 heterocycles. The molecule has 0 bridgehead atoms. The van der Waals surface area contributed by atoms with Crippen molar-refractivity contribution in [3.8, 4) is 0 Å². The van der Waals surface area contributed by atoms with E-state index in [4.69, 9.17) is 4.74 Å². The summed E-state index contributed by atoms with van der Waals surface area (Å²) in [7, 11) is 1.94. The number of nitrogens with zero attached hydrogens (tertiary/aromatic N) is 1. The quantitative estimate of drug-likeness (QED) is 0.827. The summed E-state index contributed by atoms with van der Waals surface area (Å²) in [5.41, 5.74) is 0. The molecule has 2 rings (SSSR count). The summed E-state index contributed by atoms with van der Waals surface area (Å²) >= 11 is 0. The van der Waals surface area contributed by atoms with Gasteiger partial charge in [-0.3, -0.25) is 4.79 Å². The van der Waals surface area contributed by atoms with Crippen LogP contribution >= 0.6 is 12.4 Å². The van der Waals surface area contributed by atoms with Crippen LogP contribution in [0, 0.1) is 5.92 Å². The van der Waals surface area contributed by atoms with Crippen molar-refractivity contribution < 1.29 is 9.53 Å². The molecule has 1 N–H and O–H groups in total. The molecule has 0 aliphatic carbocycles. The molecule has 0 radical (unpaired) electrons. The van der Waals surface area contributed by atoms with Gasteiger partial charge in [-0.25, -0.2) is 0 Å². The van der Waals surface area contributed by atoms with Crippen LogP contribution in [0.2, 0.25) is 0 Å². The Morgan fingerprint density at radius 2 is 2.06 bits per heavy atom. The summed E-state index contributed by atoms with van der Waals surface area (Å²) in [6, 6.07) is 0.410. The van der Waals surface area contributed by atoms with Gasteiger partial charge in [0.05, 0.1) is 0 Å². The van der Waals surface area contributed by atoms with Gasteiger partial charge in [-0.05, 0) is 31.7 Å². The van der Waals surface area contributed by atoms with Crippen LogP contribution in [-0.4, -0.2) is 50.2 Å². The zero-order valence-electron chi connectivity index (χ0n) is 10.5. The lowest BCUT2D eigenvalue weighted by molar-refractivity contribution is -0.133. The molecule has 1 atom stereocenters. The average molecular weight is 263 g/mol. The van der Waals surface area contributed by atoms with E-state index in [-0.39, 0.29) is 12.4 Å². The predicted octanol–water partition coefficient (Wildman–Crippen LogP) is 1.05. The van der Waals surface area contributed by atoms with Gasteiger partial charge < -0.3 is 15.0 Å². The van der Waals surface area contributed by atoms with E-state index in [1.165, 1.54) is 0 Å². The van der Waals surface area contributed by atoms with E-state index in [9.17, 15) is 4.79 Å². The Morgan fingerprint density at radius 3 is 2.65 bits per heavy atom. The largest absolute Gasteiger partial charge is 0.381 e. The number of nitrogens with one attached hydrogen (secondary N) is 1. The van der Waals surface area contributed by atoms with Gasteiger partial charge in [0, 0.05) is 39.3 Å². The lowest BCUT2D eigenvalue weighted by atomic mass is 9.96. The number of carbonyl (C=O) groups is 1. The molecule has 17 heavy (non-hydrogen) atoms. The molecular weight excluding hydrogens is 240 g/mol. The van der Waals surface area contributed by atoms with E-state index >= 15 is 0 Å². The van der Waals surface area contributed by atoms with Crippen molar-refractivity contribution in [2.24, 2.45) is 5.92 Å². The van der Waals surface area contributed by atoms with Crippen LogP contribution in [0.5, 0.6) is 0 Å². The summed E-state index contributed by atoms with van der Waals surface area (Å²) in [6.07, 6.45) is 3.89. The Morgan fingerprint density at radius 1 is 1.35 bits per heavy atom. The van der Waals surface area contributed by atoms with Gasteiger partial charge in [0.25, 0.3) is 0 Å². The van der Waals surface area contributed by atoms with E-state index in [1.807, 2.05) is 11.9 Å². The number of rotatable bonds is 3. The molecule has 0 unspecified atom stereocenters. The second-order valence-electron chi connectivity index (χ2n) is 4.91. The second kappa shape index (κ2) is 7.19. The van der Waals surface area contributed by atoms with Crippen LogP contribution in [0.4, 0.5) is 0 Å². The zero-order chi connectivity index (χ0) is 11.4. The van der Waals surface area contributed by atoms with Crippen LogP contribution in [0.25, 0.3) is 0 Å². The van der Waals surface area contributed by atoms with E-state index in [1.54, 1.807) is 0 Å². The van der Waals surface area contributed by atoms with E-state index in [0.717, 1.165) is 45.6 Å². The fraction of sp³-hybridized carbons (Fsp3) is 0.917. The van der Waals surface area contributed by atoms with Crippen molar-refractivity contribution in [1.29, 1.82) is 0 Å². The van der Waals surface area contributed by atoms with Crippen molar-refractivity contribution in [3.63, 3.8) is 0 Å². The molecule has 0 aromatic rings. The molecule has 100 valence electrons. The van der Waals surface area contributed by atoms with Gasteiger partial charge in [0.1, 0.15) is 0 Å². The summed E-state index contributed by atoms with van der Waals surface area (Å²) in [5, 5.41) is 3.30. The summed E-state index contributed by atoms with van der Waals surface area (Å²) in [6.45, 7) is 3.65. The van der Waals surface area contributed by atoms with Gasteiger partial charge in [-0.1, -0.05) is 0 Å². The number of halogens is 1. The van der Waals surface area contributed by atoms with Crippen LogP contribution in [-0.2, 0) is 9.53 Å². The molecule has 0 spiro atoms. The average Bonchev–Trinajstić information content (AvgIpc) is 2.83. The minimum atomic E-state index is 0. The van der Waals surface area contributed by atoms with Crippen LogP contribution in [0.1, 0.15) is 25.7 Å². The first-order valence-electron chi connectivity index (χ1n) is 6.31. The standard InChI is InChI=1S/C12H22N2O2.ClH/c1-14(11-2-5-13-9-11)12(15)8-10-3-6-16-7-4-10;/h10-11,13H,2-9H2,1H3;1H/t11-;/m0./s1. The third-order valence-corrected chi connectivity index (χ3v) is 3.78. The summed E-state index contributed by atoms with van der Waals surface area (Å²) in [5.74, 6) is 0.846. The maximum absolute atomic E-state index is 12.1. The highest BCUT2D eigenvalue weighted by Crippen LogP contribution is 2.20. The van der Waals surface area contributed by atoms with Crippen molar-refractivity contribution in [3.05, 3.63) is 0 Å². The lowest BCUT2D eigenvalue weighted by Gasteiger charge is -2.27. The SMILES string of the molecule is CN(C(=O)CC1CCOCC1)[C@H]1CCNC1.Cl.